The molecule has 22 heavy (non-hydrogen) atoms. The molecule has 0 aromatic heterocycles. The lowest BCUT2D eigenvalue weighted by molar-refractivity contribution is -0.384. The molecule has 9 heteroatoms. The van der Waals surface area contributed by atoms with Crippen molar-refractivity contribution in [1.29, 1.82) is 0 Å². The third-order valence-electron chi connectivity index (χ3n) is 3.07. The molecule has 0 saturated carbocycles. The molecule has 2 amide bonds. The topological polar surface area (TPSA) is 108 Å². The third-order valence-corrected chi connectivity index (χ3v) is 3.46. The maximum absolute atomic E-state index is 12.5. The summed E-state index contributed by atoms with van der Waals surface area (Å²) in [5.41, 5.74) is 0.216. The Hall–Kier alpha value is -2.49. The fraction of sp³-hybridized carbons (Fsp3) is 0.154. The van der Waals surface area contributed by atoms with Gasteiger partial charge in [0, 0.05) is 41.8 Å². The summed E-state index contributed by atoms with van der Waals surface area (Å²) in [5, 5.41) is 25.6. The van der Waals surface area contributed by atoms with Gasteiger partial charge in [-0.25, -0.2) is 9.44 Å². The molecular formula is C13H12N4O4S. The standard InChI is InChI=1S/C13H12N4O4S/c1-17(21,10-4-2-9(3-5-10)16(19)20)13(18)15-11-8-14-7-6-12(11)22/h2-5,7-8H,6H2,1H3,(H,15,18)/t17-/m1/s1. The summed E-state index contributed by atoms with van der Waals surface area (Å²) in [6, 6.07) is 3.98. The van der Waals surface area contributed by atoms with Crippen molar-refractivity contribution in [2.24, 2.45) is 4.99 Å². The van der Waals surface area contributed by atoms with Crippen LogP contribution >= 0.6 is 12.2 Å². The average Bonchev–Trinajstić information content (AvgIpc) is 2.49. The zero-order valence-corrected chi connectivity index (χ0v) is 12.4. The highest BCUT2D eigenvalue weighted by atomic mass is 32.1. The molecular weight excluding hydrogens is 308 g/mol. The van der Waals surface area contributed by atoms with Gasteiger partial charge in [-0.3, -0.25) is 20.4 Å². The SMILES string of the molecule is C[N@+]([O-])(C(=O)NC1=CN=CCC1=S)c1ccc([N+](=O)[O-])cc1. The maximum Gasteiger partial charge on any atom is 0.425 e. The van der Waals surface area contributed by atoms with Gasteiger partial charge in [-0.2, -0.15) is 0 Å². The first kappa shape index (κ1) is 15.9. The molecule has 1 atom stereocenters. The number of benzene rings is 1. The molecule has 0 radical (unpaired) electrons. The van der Waals surface area contributed by atoms with Gasteiger partial charge in [-0.1, -0.05) is 12.2 Å². The number of quaternary nitrogens is 1. The molecule has 1 aromatic carbocycles. The molecule has 1 aromatic rings. The molecule has 0 unspecified atom stereocenters. The van der Waals surface area contributed by atoms with Crippen LogP contribution in [0.2, 0.25) is 0 Å². The van der Waals surface area contributed by atoms with Crippen molar-refractivity contribution in [1.82, 2.24) is 9.96 Å². The largest absolute Gasteiger partial charge is 0.618 e. The number of rotatable bonds is 3. The van der Waals surface area contributed by atoms with Gasteiger partial charge >= 0.3 is 6.03 Å². The van der Waals surface area contributed by atoms with Crippen LogP contribution in [0, 0.1) is 15.3 Å². The van der Waals surface area contributed by atoms with Crippen molar-refractivity contribution in [3.8, 4) is 0 Å². The number of hydroxylamine groups is 2. The van der Waals surface area contributed by atoms with Crippen LogP contribution in [0.1, 0.15) is 6.42 Å². The molecule has 1 aliphatic heterocycles. The predicted molar refractivity (Wildman–Crippen MR) is 86.5 cm³/mol. The third kappa shape index (κ3) is 3.22. The van der Waals surface area contributed by atoms with Gasteiger partial charge in [-0.15, -0.1) is 0 Å². The number of nitro groups is 1. The van der Waals surface area contributed by atoms with Gasteiger partial charge in [0.05, 0.1) is 23.9 Å². The van der Waals surface area contributed by atoms with E-state index in [9.17, 15) is 20.1 Å². The Bertz CT molecular complexity index is 694. The van der Waals surface area contributed by atoms with E-state index in [-0.39, 0.29) is 11.4 Å². The van der Waals surface area contributed by atoms with Crippen molar-refractivity contribution in [3.05, 3.63) is 51.5 Å². The van der Waals surface area contributed by atoms with Crippen LogP contribution in [0.15, 0.2) is 41.2 Å². The highest BCUT2D eigenvalue weighted by Crippen LogP contribution is 2.23. The lowest BCUT2D eigenvalue weighted by Gasteiger charge is -2.34. The second-order valence-electron chi connectivity index (χ2n) is 4.63. The van der Waals surface area contributed by atoms with Gasteiger partial charge in [0.2, 0.25) is 0 Å². The van der Waals surface area contributed by atoms with Gasteiger partial charge in [0.15, 0.2) is 0 Å². The lowest BCUT2D eigenvalue weighted by Crippen LogP contribution is -2.51. The number of thiocarbonyl (C=S) groups is 1. The van der Waals surface area contributed by atoms with Crippen molar-refractivity contribution in [3.63, 3.8) is 0 Å². The van der Waals surface area contributed by atoms with Crippen molar-refractivity contribution >= 4 is 40.7 Å². The first-order chi connectivity index (χ1) is 10.3. The summed E-state index contributed by atoms with van der Waals surface area (Å²) in [5.74, 6) is 0. The van der Waals surface area contributed by atoms with E-state index < -0.39 is 15.6 Å². The number of nitro benzene ring substituents is 1. The molecule has 114 valence electrons. The number of aliphatic imine (C=N–C) groups is 1. The van der Waals surface area contributed by atoms with Gasteiger partial charge in [0.1, 0.15) is 5.69 Å². The molecule has 0 bridgehead atoms. The summed E-state index contributed by atoms with van der Waals surface area (Å²) in [6.07, 6.45) is 3.39. The average molecular weight is 320 g/mol. The van der Waals surface area contributed by atoms with Crippen LogP contribution in [-0.2, 0) is 0 Å². The summed E-state index contributed by atoms with van der Waals surface area (Å²) in [4.78, 5) is 26.5. The summed E-state index contributed by atoms with van der Waals surface area (Å²) in [6.45, 7) is 0. The van der Waals surface area contributed by atoms with Crippen LogP contribution in [0.3, 0.4) is 0 Å². The number of amides is 2. The zero-order chi connectivity index (χ0) is 16.3. The molecule has 0 saturated heterocycles. The number of nitrogens with one attached hydrogen (secondary N) is 1. The van der Waals surface area contributed by atoms with E-state index >= 15 is 0 Å². The second kappa shape index (κ2) is 6.10. The maximum atomic E-state index is 12.5. The fourth-order valence-electron chi connectivity index (χ4n) is 1.74. The van der Waals surface area contributed by atoms with Gasteiger partial charge in [-0.05, 0) is 0 Å². The number of non-ortho nitro benzene ring substituents is 1. The summed E-state index contributed by atoms with van der Waals surface area (Å²) >= 11 is 5.07. The summed E-state index contributed by atoms with van der Waals surface area (Å²) in [7, 11) is 1.13. The Morgan fingerprint density at radius 2 is 2.05 bits per heavy atom. The van der Waals surface area contributed by atoms with Crippen LogP contribution in [0.4, 0.5) is 16.2 Å². The number of urea groups is 1. The fourth-order valence-corrected chi connectivity index (χ4v) is 1.92. The lowest BCUT2D eigenvalue weighted by atomic mass is 10.2. The zero-order valence-electron chi connectivity index (χ0n) is 11.6. The Kier molecular flexibility index (Phi) is 4.40. The Balaban J connectivity index is 2.19. The Labute approximate surface area is 131 Å². The summed E-state index contributed by atoms with van der Waals surface area (Å²) < 4.78 is -1.37. The quantitative estimate of drug-likeness (QED) is 0.398. The van der Waals surface area contributed by atoms with Crippen molar-refractivity contribution in [2.75, 3.05) is 7.05 Å². The predicted octanol–water partition coefficient (Wildman–Crippen LogP) is 2.43. The molecule has 0 spiro atoms. The second-order valence-corrected chi connectivity index (χ2v) is 5.12. The number of carbonyl (C=O) groups excluding carboxylic acids is 1. The number of nitrogens with zero attached hydrogens (tertiary/aromatic N) is 3. The minimum Gasteiger partial charge on any atom is -0.618 e. The van der Waals surface area contributed by atoms with E-state index in [1.165, 1.54) is 30.5 Å². The van der Waals surface area contributed by atoms with Crippen LogP contribution in [0.25, 0.3) is 0 Å². The molecule has 2 rings (SSSR count). The van der Waals surface area contributed by atoms with Gasteiger partial charge in [0.25, 0.3) is 5.69 Å². The molecule has 1 N–H and O–H groups in total. The molecule has 0 aliphatic carbocycles. The first-order valence-corrected chi connectivity index (χ1v) is 6.62. The molecule has 1 aliphatic rings. The van der Waals surface area contributed by atoms with Crippen LogP contribution < -0.4 is 9.96 Å². The molecule has 8 nitrogen and oxygen atoms in total. The highest BCUT2D eigenvalue weighted by molar-refractivity contribution is 7.80. The van der Waals surface area contributed by atoms with E-state index in [0.717, 1.165) is 7.05 Å². The normalized spacial score (nSPS) is 16.6. The van der Waals surface area contributed by atoms with Gasteiger partial charge < -0.3 is 5.21 Å². The number of allylic oxidation sites excluding steroid dienone is 1. The molecule has 0 fully saturated rings. The Morgan fingerprint density at radius 3 is 2.59 bits per heavy atom. The smallest absolute Gasteiger partial charge is 0.425 e. The minimum absolute atomic E-state index is 0.0638. The van der Waals surface area contributed by atoms with E-state index in [0.29, 0.717) is 17.0 Å². The minimum atomic E-state index is -1.37. The van der Waals surface area contributed by atoms with E-state index in [1.807, 2.05) is 0 Å². The Morgan fingerprint density at radius 1 is 1.41 bits per heavy atom. The number of carbonyl (C=O) groups is 1. The monoisotopic (exact) mass is 320 g/mol. The van der Waals surface area contributed by atoms with Crippen LogP contribution in [0.5, 0.6) is 0 Å². The first-order valence-electron chi connectivity index (χ1n) is 6.21. The van der Waals surface area contributed by atoms with Crippen molar-refractivity contribution in [2.45, 2.75) is 6.42 Å². The molecule has 1 heterocycles. The number of hydrogen-bond acceptors (Lipinski definition) is 6. The van der Waals surface area contributed by atoms with E-state index in [1.54, 1.807) is 6.21 Å². The van der Waals surface area contributed by atoms with E-state index in [4.69, 9.17) is 12.2 Å². The number of hydrogen-bond donors (Lipinski definition) is 1. The van der Waals surface area contributed by atoms with E-state index in [2.05, 4.69) is 10.3 Å². The van der Waals surface area contributed by atoms with Crippen LogP contribution in [-0.4, -0.2) is 29.1 Å². The van der Waals surface area contributed by atoms with Crippen molar-refractivity contribution < 1.29 is 9.72 Å². The highest BCUT2D eigenvalue weighted by Gasteiger charge is 2.27.